The fourth-order valence-electron chi connectivity index (χ4n) is 1.55. The first-order valence-electron chi connectivity index (χ1n) is 5.20. The lowest BCUT2D eigenvalue weighted by Crippen LogP contribution is -2.22. The van der Waals surface area contributed by atoms with Gasteiger partial charge in [-0.05, 0) is 12.2 Å². The molecule has 1 fully saturated rings. The summed E-state index contributed by atoms with van der Waals surface area (Å²) < 4.78 is 0. The minimum absolute atomic E-state index is 0.00812. The Morgan fingerprint density at radius 1 is 1.59 bits per heavy atom. The zero-order valence-electron chi connectivity index (χ0n) is 9.01. The molecular weight excluding hydrogens is 260 g/mol. The summed E-state index contributed by atoms with van der Waals surface area (Å²) in [6.45, 7) is 0. The van der Waals surface area contributed by atoms with Gasteiger partial charge in [-0.2, -0.15) is 11.8 Å². The number of hydrogen-bond acceptors (Lipinski definition) is 5. The van der Waals surface area contributed by atoms with E-state index in [0.717, 1.165) is 17.9 Å². The van der Waals surface area contributed by atoms with Gasteiger partial charge >= 0.3 is 5.97 Å². The molecule has 92 valence electrons. The van der Waals surface area contributed by atoms with Gasteiger partial charge in [-0.15, -0.1) is 11.3 Å². The fraction of sp³-hybridized carbons (Fsp3) is 0.500. The Hall–Kier alpha value is -1.08. The van der Waals surface area contributed by atoms with E-state index >= 15 is 0 Å². The number of aromatic nitrogens is 1. The van der Waals surface area contributed by atoms with Crippen LogP contribution in [-0.4, -0.2) is 33.5 Å². The largest absolute Gasteiger partial charge is 0.481 e. The highest BCUT2D eigenvalue weighted by Crippen LogP contribution is 2.25. The van der Waals surface area contributed by atoms with E-state index in [4.69, 9.17) is 5.11 Å². The number of nitrogens with zero attached hydrogens (tertiary/aromatic N) is 1. The van der Waals surface area contributed by atoms with Crippen LogP contribution in [0.1, 0.15) is 12.1 Å². The molecule has 1 aliphatic rings. The maximum atomic E-state index is 11.8. The first kappa shape index (κ1) is 12.4. The molecule has 0 saturated carbocycles. The smallest absolute Gasteiger partial charge is 0.309 e. The Bertz CT molecular complexity index is 427. The molecule has 2 heterocycles. The number of nitrogens with one attached hydrogen (secondary N) is 1. The standard InChI is InChI=1S/C10H12N2O3S2/c13-8(14)3-7-5-17-10(11-7)12-9(15)6-1-2-16-4-6/h5-6H,1-4H2,(H,13,14)(H,11,12,15). The second-order valence-corrected chi connectivity index (χ2v) is 5.77. The van der Waals surface area contributed by atoms with Crippen LogP contribution < -0.4 is 5.32 Å². The normalized spacial score (nSPS) is 19.2. The number of rotatable bonds is 4. The van der Waals surface area contributed by atoms with Gasteiger partial charge in [-0.3, -0.25) is 9.59 Å². The van der Waals surface area contributed by atoms with E-state index in [2.05, 4.69) is 10.3 Å². The van der Waals surface area contributed by atoms with Crippen molar-refractivity contribution in [1.29, 1.82) is 0 Å². The molecule has 0 aliphatic carbocycles. The topological polar surface area (TPSA) is 79.3 Å². The monoisotopic (exact) mass is 272 g/mol. The number of carboxylic acid groups (broad SMARTS) is 1. The molecule has 7 heteroatoms. The summed E-state index contributed by atoms with van der Waals surface area (Å²) in [6.07, 6.45) is 0.801. The summed E-state index contributed by atoms with van der Waals surface area (Å²) in [6, 6.07) is 0. The Morgan fingerprint density at radius 3 is 3.06 bits per heavy atom. The Morgan fingerprint density at radius 2 is 2.41 bits per heavy atom. The van der Waals surface area contributed by atoms with Crippen LogP contribution in [0.25, 0.3) is 0 Å². The zero-order chi connectivity index (χ0) is 12.3. The predicted molar refractivity (Wildman–Crippen MR) is 67.5 cm³/mol. The van der Waals surface area contributed by atoms with Crippen molar-refractivity contribution in [3.63, 3.8) is 0 Å². The molecule has 1 atom stereocenters. The third kappa shape index (κ3) is 3.44. The number of thiazole rings is 1. The van der Waals surface area contributed by atoms with Gasteiger partial charge in [0.2, 0.25) is 5.91 Å². The maximum Gasteiger partial charge on any atom is 0.309 e. The SMILES string of the molecule is O=C(O)Cc1csc(NC(=O)C2CCSC2)n1. The van der Waals surface area contributed by atoms with Crippen LogP contribution in [-0.2, 0) is 16.0 Å². The Balaban J connectivity index is 1.91. The first-order chi connectivity index (χ1) is 8.15. The molecule has 2 rings (SSSR count). The number of carbonyl (C=O) groups is 2. The van der Waals surface area contributed by atoms with Crippen LogP contribution in [0, 0.1) is 5.92 Å². The summed E-state index contributed by atoms with van der Waals surface area (Å²) in [7, 11) is 0. The lowest BCUT2D eigenvalue weighted by atomic mass is 10.1. The van der Waals surface area contributed by atoms with E-state index in [-0.39, 0.29) is 18.2 Å². The van der Waals surface area contributed by atoms with Crippen LogP contribution in [0.3, 0.4) is 0 Å². The summed E-state index contributed by atoms with van der Waals surface area (Å²) in [5.74, 6) is 1.03. The van der Waals surface area contributed by atoms with E-state index in [1.54, 1.807) is 17.1 Å². The second kappa shape index (κ2) is 5.50. The molecule has 5 nitrogen and oxygen atoms in total. The average Bonchev–Trinajstić information content (AvgIpc) is 2.87. The van der Waals surface area contributed by atoms with Crippen molar-refractivity contribution in [1.82, 2.24) is 4.98 Å². The van der Waals surface area contributed by atoms with Crippen LogP contribution in [0.5, 0.6) is 0 Å². The quantitative estimate of drug-likeness (QED) is 0.867. The van der Waals surface area contributed by atoms with Crippen molar-refractivity contribution in [2.75, 3.05) is 16.8 Å². The molecule has 1 amide bonds. The molecule has 1 aliphatic heterocycles. The van der Waals surface area contributed by atoms with Gasteiger partial charge < -0.3 is 10.4 Å². The number of thioether (sulfide) groups is 1. The molecule has 1 unspecified atom stereocenters. The van der Waals surface area contributed by atoms with E-state index in [0.29, 0.717) is 10.8 Å². The fourth-order valence-corrected chi connectivity index (χ4v) is 3.48. The van der Waals surface area contributed by atoms with Gasteiger partial charge in [0.25, 0.3) is 0 Å². The minimum atomic E-state index is -0.916. The third-order valence-electron chi connectivity index (χ3n) is 2.41. The van der Waals surface area contributed by atoms with Gasteiger partial charge in [0.05, 0.1) is 12.1 Å². The Labute approximate surface area is 107 Å². The van der Waals surface area contributed by atoms with Crippen molar-refractivity contribution in [2.24, 2.45) is 5.92 Å². The molecule has 2 N–H and O–H groups in total. The van der Waals surface area contributed by atoms with Crippen molar-refractivity contribution < 1.29 is 14.7 Å². The van der Waals surface area contributed by atoms with Crippen molar-refractivity contribution >= 4 is 40.1 Å². The van der Waals surface area contributed by atoms with Gasteiger partial charge in [-0.25, -0.2) is 4.98 Å². The van der Waals surface area contributed by atoms with Crippen LogP contribution in [0.2, 0.25) is 0 Å². The maximum absolute atomic E-state index is 11.8. The predicted octanol–water partition coefficient (Wildman–Crippen LogP) is 1.46. The summed E-state index contributed by atoms with van der Waals surface area (Å²) in [5.41, 5.74) is 0.485. The average molecular weight is 272 g/mol. The van der Waals surface area contributed by atoms with Crippen molar-refractivity contribution in [2.45, 2.75) is 12.8 Å². The van der Waals surface area contributed by atoms with Crippen molar-refractivity contribution in [3.05, 3.63) is 11.1 Å². The Kier molecular flexibility index (Phi) is 4.01. The third-order valence-corrected chi connectivity index (χ3v) is 4.38. The number of carbonyl (C=O) groups excluding carboxylic acids is 1. The molecule has 17 heavy (non-hydrogen) atoms. The van der Waals surface area contributed by atoms with E-state index in [1.165, 1.54) is 11.3 Å². The van der Waals surface area contributed by atoms with E-state index in [9.17, 15) is 9.59 Å². The van der Waals surface area contributed by atoms with Crippen LogP contribution in [0.15, 0.2) is 5.38 Å². The lowest BCUT2D eigenvalue weighted by Gasteiger charge is -2.06. The minimum Gasteiger partial charge on any atom is -0.481 e. The zero-order valence-corrected chi connectivity index (χ0v) is 10.6. The van der Waals surface area contributed by atoms with Crippen LogP contribution in [0.4, 0.5) is 5.13 Å². The lowest BCUT2D eigenvalue weighted by molar-refractivity contribution is -0.136. The summed E-state index contributed by atoms with van der Waals surface area (Å²) in [5, 5.41) is 13.5. The van der Waals surface area contributed by atoms with E-state index < -0.39 is 5.97 Å². The number of amides is 1. The molecule has 1 aromatic rings. The highest BCUT2D eigenvalue weighted by atomic mass is 32.2. The molecule has 0 radical (unpaired) electrons. The van der Waals surface area contributed by atoms with Crippen LogP contribution >= 0.6 is 23.1 Å². The first-order valence-corrected chi connectivity index (χ1v) is 7.23. The molecular formula is C10H12N2O3S2. The molecule has 0 aromatic carbocycles. The molecule has 0 bridgehead atoms. The van der Waals surface area contributed by atoms with Gasteiger partial charge in [0.1, 0.15) is 0 Å². The van der Waals surface area contributed by atoms with E-state index in [1.807, 2.05) is 0 Å². The summed E-state index contributed by atoms with van der Waals surface area (Å²) >= 11 is 3.04. The number of aliphatic carboxylic acids is 1. The number of anilines is 1. The number of hydrogen-bond donors (Lipinski definition) is 2. The molecule has 1 saturated heterocycles. The second-order valence-electron chi connectivity index (χ2n) is 3.76. The van der Waals surface area contributed by atoms with Gasteiger partial charge in [0.15, 0.2) is 5.13 Å². The number of carboxylic acids is 1. The van der Waals surface area contributed by atoms with Gasteiger partial charge in [0, 0.05) is 17.1 Å². The summed E-state index contributed by atoms with van der Waals surface area (Å²) in [4.78, 5) is 26.3. The highest BCUT2D eigenvalue weighted by Gasteiger charge is 2.23. The molecule has 0 spiro atoms. The molecule has 1 aromatic heterocycles. The van der Waals surface area contributed by atoms with Crippen molar-refractivity contribution in [3.8, 4) is 0 Å². The highest BCUT2D eigenvalue weighted by molar-refractivity contribution is 7.99. The van der Waals surface area contributed by atoms with Gasteiger partial charge in [-0.1, -0.05) is 0 Å².